The van der Waals surface area contributed by atoms with Crippen LogP contribution >= 0.6 is 0 Å². The molecule has 2 aromatic rings. The Labute approximate surface area is 192 Å². The summed E-state index contributed by atoms with van der Waals surface area (Å²) >= 11 is 0. The average molecular weight is 472 g/mol. The maximum Gasteiger partial charge on any atom is 0.335 e. The van der Waals surface area contributed by atoms with Crippen LogP contribution in [0.3, 0.4) is 0 Å². The number of hydrogen-bond acceptors (Lipinski definition) is 6. The number of nitrogens with zero attached hydrogens (tertiary/aromatic N) is 3. The first-order valence-corrected chi connectivity index (χ1v) is 12.0. The van der Waals surface area contributed by atoms with Gasteiger partial charge in [0, 0.05) is 26.2 Å². The molecule has 2 aliphatic heterocycles. The third-order valence-corrected chi connectivity index (χ3v) is 8.22. The second-order valence-corrected chi connectivity index (χ2v) is 10.3. The second-order valence-electron chi connectivity index (χ2n) is 8.33. The van der Waals surface area contributed by atoms with Crippen LogP contribution in [-0.4, -0.2) is 72.7 Å². The Hall–Kier alpha value is -3.08. The van der Waals surface area contributed by atoms with E-state index in [2.05, 4.69) is 0 Å². The van der Waals surface area contributed by atoms with Crippen LogP contribution in [-0.2, 0) is 19.6 Å². The largest absolute Gasteiger partial charge is 0.478 e. The van der Waals surface area contributed by atoms with Crippen molar-refractivity contribution in [2.75, 3.05) is 31.1 Å². The molecule has 33 heavy (non-hydrogen) atoms. The Balaban J connectivity index is 1.44. The van der Waals surface area contributed by atoms with E-state index >= 15 is 0 Å². The Bertz CT molecular complexity index is 1220. The van der Waals surface area contributed by atoms with Gasteiger partial charge in [-0.2, -0.15) is 4.31 Å². The molecule has 0 aliphatic carbocycles. The van der Waals surface area contributed by atoms with Gasteiger partial charge in [0.1, 0.15) is 0 Å². The summed E-state index contributed by atoms with van der Waals surface area (Å²) in [5, 5.41) is 9.03. The fourth-order valence-corrected chi connectivity index (χ4v) is 5.71. The molecule has 0 radical (unpaired) electrons. The fourth-order valence-electron chi connectivity index (χ4n) is 4.20. The molecule has 9 nitrogen and oxygen atoms in total. The van der Waals surface area contributed by atoms with Crippen molar-refractivity contribution < 1.29 is 27.9 Å². The molecular formula is C23H25N3O6S. The summed E-state index contributed by atoms with van der Waals surface area (Å²) in [5.74, 6) is -1.83. The van der Waals surface area contributed by atoms with Crippen LogP contribution < -0.4 is 4.90 Å². The minimum atomic E-state index is -3.64. The number of aryl methyl sites for hydroxylation is 2. The van der Waals surface area contributed by atoms with Gasteiger partial charge in [-0.25, -0.2) is 18.1 Å². The second kappa shape index (κ2) is 8.69. The highest BCUT2D eigenvalue weighted by Gasteiger charge is 2.44. The molecular weight excluding hydrogens is 446 g/mol. The number of amides is 2. The Morgan fingerprint density at radius 1 is 0.939 bits per heavy atom. The van der Waals surface area contributed by atoms with Crippen molar-refractivity contribution in [1.82, 2.24) is 9.21 Å². The lowest BCUT2D eigenvalue weighted by atomic mass is 10.1. The van der Waals surface area contributed by atoms with Gasteiger partial charge in [-0.05, 0) is 61.4 Å². The van der Waals surface area contributed by atoms with Crippen molar-refractivity contribution in [2.45, 2.75) is 31.2 Å². The van der Waals surface area contributed by atoms with Crippen molar-refractivity contribution in [2.24, 2.45) is 0 Å². The molecule has 2 amide bonds. The van der Waals surface area contributed by atoms with Crippen LogP contribution in [0.5, 0.6) is 0 Å². The SMILES string of the molecule is Cc1ccc(S(=O)(=O)N2CCN([C@@H]3CC(=O)N(c4ccc(C(=O)O)cc4)C3=O)CC2)cc1C. The molecule has 0 spiro atoms. The zero-order chi connectivity index (χ0) is 23.9. The van der Waals surface area contributed by atoms with Crippen molar-refractivity contribution >= 4 is 33.5 Å². The summed E-state index contributed by atoms with van der Waals surface area (Å²) in [7, 11) is -3.64. The Kier molecular flexibility index (Phi) is 6.08. The lowest BCUT2D eigenvalue weighted by Crippen LogP contribution is -2.53. The monoisotopic (exact) mass is 471 g/mol. The molecule has 2 fully saturated rings. The summed E-state index contributed by atoms with van der Waals surface area (Å²) < 4.78 is 27.5. The van der Waals surface area contributed by atoms with Crippen LogP contribution in [0.15, 0.2) is 47.4 Å². The van der Waals surface area contributed by atoms with Crippen molar-refractivity contribution in [3.8, 4) is 0 Å². The molecule has 2 aliphatic rings. The summed E-state index contributed by atoms with van der Waals surface area (Å²) in [6, 6.07) is 9.98. The van der Waals surface area contributed by atoms with Crippen molar-refractivity contribution in [1.29, 1.82) is 0 Å². The van der Waals surface area contributed by atoms with E-state index in [-0.39, 0.29) is 41.8 Å². The average Bonchev–Trinajstić information content (AvgIpc) is 3.09. The molecule has 10 heteroatoms. The minimum Gasteiger partial charge on any atom is -0.478 e. The van der Waals surface area contributed by atoms with Gasteiger partial charge in [0.2, 0.25) is 15.9 Å². The number of carbonyl (C=O) groups excluding carboxylic acids is 2. The minimum absolute atomic E-state index is 0.00339. The molecule has 2 saturated heterocycles. The van der Waals surface area contributed by atoms with E-state index in [0.717, 1.165) is 16.0 Å². The number of piperazine rings is 1. The van der Waals surface area contributed by atoms with Crippen molar-refractivity contribution in [3.05, 3.63) is 59.2 Å². The van der Waals surface area contributed by atoms with Crippen LogP contribution in [0.25, 0.3) is 0 Å². The number of imide groups is 1. The van der Waals surface area contributed by atoms with Gasteiger partial charge in [-0.1, -0.05) is 6.07 Å². The number of aromatic carboxylic acids is 1. The molecule has 2 aromatic carbocycles. The number of carbonyl (C=O) groups is 3. The van der Waals surface area contributed by atoms with E-state index < -0.39 is 22.0 Å². The molecule has 0 bridgehead atoms. The van der Waals surface area contributed by atoms with E-state index in [4.69, 9.17) is 5.11 Å². The zero-order valence-electron chi connectivity index (χ0n) is 18.4. The fraction of sp³-hybridized carbons (Fsp3) is 0.348. The number of sulfonamides is 1. The van der Waals surface area contributed by atoms with Gasteiger partial charge in [-0.15, -0.1) is 0 Å². The first-order valence-electron chi connectivity index (χ1n) is 10.6. The number of carboxylic acid groups (broad SMARTS) is 1. The highest BCUT2D eigenvalue weighted by atomic mass is 32.2. The summed E-state index contributed by atoms with van der Waals surface area (Å²) in [6.07, 6.45) is 0.00339. The quantitative estimate of drug-likeness (QED) is 0.659. The number of benzene rings is 2. The first kappa shape index (κ1) is 23.1. The lowest BCUT2D eigenvalue weighted by Gasteiger charge is -2.36. The van der Waals surface area contributed by atoms with Crippen LogP contribution in [0.2, 0.25) is 0 Å². The zero-order valence-corrected chi connectivity index (χ0v) is 19.2. The predicted molar refractivity (Wildman–Crippen MR) is 121 cm³/mol. The normalized spacial score (nSPS) is 20.4. The van der Waals surface area contributed by atoms with E-state index in [1.807, 2.05) is 18.7 Å². The summed E-state index contributed by atoms with van der Waals surface area (Å²) in [4.78, 5) is 39.8. The third kappa shape index (κ3) is 4.29. The Morgan fingerprint density at radius 2 is 1.58 bits per heavy atom. The van der Waals surface area contributed by atoms with Crippen LogP contribution in [0, 0.1) is 13.8 Å². The topological polar surface area (TPSA) is 115 Å². The van der Waals surface area contributed by atoms with E-state index in [0.29, 0.717) is 18.8 Å². The van der Waals surface area contributed by atoms with Gasteiger partial charge in [0.15, 0.2) is 0 Å². The van der Waals surface area contributed by atoms with Gasteiger partial charge < -0.3 is 5.11 Å². The number of rotatable bonds is 5. The molecule has 174 valence electrons. The van der Waals surface area contributed by atoms with E-state index in [1.54, 1.807) is 18.2 Å². The summed E-state index contributed by atoms with van der Waals surface area (Å²) in [6.45, 7) is 4.91. The maximum atomic E-state index is 13.0. The molecule has 1 atom stereocenters. The highest BCUT2D eigenvalue weighted by Crippen LogP contribution is 2.28. The number of hydrogen-bond donors (Lipinski definition) is 1. The molecule has 2 heterocycles. The van der Waals surface area contributed by atoms with Crippen LogP contribution in [0.1, 0.15) is 27.9 Å². The number of carboxylic acids is 1. The molecule has 1 N–H and O–H groups in total. The van der Waals surface area contributed by atoms with Gasteiger partial charge in [0.05, 0.1) is 28.6 Å². The van der Waals surface area contributed by atoms with Crippen molar-refractivity contribution in [3.63, 3.8) is 0 Å². The first-order chi connectivity index (χ1) is 15.6. The standard InChI is InChI=1S/C23H25N3O6S/c1-15-3-8-19(13-16(15)2)33(31,32)25-11-9-24(10-12-25)20-14-21(27)26(22(20)28)18-6-4-17(5-7-18)23(29)30/h3-8,13,20H,9-12,14H2,1-2H3,(H,29,30)/t20-/m1/s1. The van der Waals surface area contributed by atoms with E-state index in [9.17, 15) is 22.8 Å². The van der Waals surface area contributed by atoms with Crippen LogP contribution in [0.4, 0.5) is 5.69 Å². The predicted octanol–water partition coefficient (Wildman–Crippen LogP) is 1.64. The van der Waals surface area contributed by atoms with Gasteiger partial charge in [0.25, 0.3) is 5.91 Å². The van der Waals surface area contributed by atoms with E-state index in [1.165, 1.54) is 28.6 Å². The Morgan fingerprint density at radius 3 is 2.15 bits per heavy atom. The van der Waals surface area contributed by atoms with Gasteiger partial charge in [-0.3, -0.25) is 14.5 Å². The maximum absolute atomic E-state index is 13.0. The smallest absolute Gasteiger partial charge is 0.335 e. The molecule has 4 rings (SSSR count). The molecule has 0 saturated carbocycles. The van der Waals surface area contributed by atoms with Gasteiger partial charge >= 0.3 is 5.97 Å². The molecule has 0 unspecified atom stereocenters. The number of anilines is 1. The molecule has 0 aromatic heterocycles. The lowest BCUT2D eigenvalue weighted by molar-refractivity contribution is -0.123. The third-order valence-electron chi connectivity index (χ3n) is 6.33. The summed E-state index contributed by atoms with van der Waals surface area (Å²) in [5.41, 5.74) is 2.32. The highest BCUT2D eigenvalue weighted by molar-refractivity contribution is 7.89.